The summed E-state index contributed by atoms with van der Waals surface area (Å²) in [7, 11) is 0. The molecular weight excluding hydrogens is 320 g/mol. The molecule has 0 spiro atoms. The van der Waals surface area contributed by atoms with E-state index in [0.29, 0.717) is 32.1 Å². The predicted molar refractivity (Wildman–Crippen MR) is 92.9 cm³/mol. The molecule has 4 heterocycles. The second-order valence-corrected chi connectivity index (χ2v) is 8.72. The highest BCUT2D eigenvalue weighted by Gasteiger charge is 2.51. The van der Waals surface area contributed by atoms with Gasteiger partial charge in [0.25, 0.3) is 0 Å². The normalized spacial score (nSPS) is 46.3. The maximum atomic E-state index is 12.7. The lowest BCUT2D eigenvalue weighted by Crippen LogP contribution is -2.48. The minimum absolute atomic E-state index is 0.00408. The third-order valence-corrected chi connectivity index (χ3v) is 6.36. The summed E-state index contributed by atoms with van der Waals surface area (Å²) in [6.07, 6.45) is 6.58. The zero-order valence-corrected chi connectivity index (χ0v) is 15.7. The average molecular weight is 350 g/mol. The van der Waals surface area contributed by atoms with Crippen LogP contribution in [0.2, 0.25) is 0 Å². The number of ether oxygens (including phenoxy) is 2. The van der Waals surface area contributed by atoms with Crippen LogP contribution < -0.4 is 0 Å². The smallest absolute Gasteiger partial charge is 0.312 e. The number of hydrogen-bond acceptors (Lipinski definition) is 5. The first kappa shape index (κ1) is 18.6. The van der Waals surface area contributed by atoms with Gasteiger partial charge in [0.2, 0.25) is 0 Å². The van der Waals surface area contributed by atoms with E-state index in [0.717, 1.165) is 0 Å². The van der Waals surface area contributed by atoms with Crippen LogP contribution in [0.15, 0.2) is 12.2 Å². The number of carbonyl (C=O) groups is 2. The van der Waals surface area contributed by atoms with Gasteiger partial charge in [-0.1, -0.05) is 19.9 Å². The van der Waals surface area contributed by atoms with Gasteiger partial charge in [-0.15, -0.1) is 0 Å². The monoisotopic (exact) mass is 350 g/mol. The molecule has 0 aromatic rings. The van der Waals surface area contributed by atoms with E-state index in [4.69, 9.17) is 9.47 Å². The van der Waals surface area contributed by atoms with Gasteiger partial charge in [-0.2, -0.15) is 0 Å². The second-order valence-electron chi connectivity index (χ2n) is 8.72. The summed E-state index contributed by atoms with van der Waals surface area (Å²) in [6, 6.07) is 0. The minimum atomic E-state index is -1.12. The van der Waals surface area contributed by atoms with Gasteiger partial charge in [-0.05, 0) is 57.9 Å². The standard InChI is InChI=1S/C20H30O5/c1-13(2)20-10-5-14(17(22)25-20)15-6-9-19(4,24-15)16(21)7-8-18(3,23)11-12-20/h11-15,23H,5-10H2,1-4H3/b12-11+/t14-,15+,18-,19-,20+/m1/s1. The van der Waals surface area contributed by atoms with E-state index < -0.39 is 16.8 Å². The number of ketones is 1. The maximum absolute atomic E-state index is 12.7. The van der Waals surface area contributed by atoms with E-state index in [9.17, 15) is 14.7 Å². The fourth-order valence-corrected chi connectivity index (χ4v) is 4.26. The molecule has 140 valence electrons. The topological polar surface area (TPSA) is 72.8 Å². The molecule has 5 heteroatoms. The van der Waals surface area contributed by atoms with Crippen LogP contribution in [0.25, 0.3) is 0 Å². The van der Waals surface area contributed by atoms with Gasteiger partial charge < -0.3 is 14.6 Å². The molecular formula is C20H30O5. The van der Waals surface area contributed by atoms with Crippen molar-refractivity contribution < 1.29 is 24.2 Å². The van der Waals surface area contributed by atoms with E-state index in [2.05, 4.69) is 0 Å². The zero-order chi connectivity index (χ0) is 18.5. The third kappa shape index (κ3) is 3.41. The molecule has 0 saturated carbocycles. The SMILES string of the molecule is CC(C)[C@@]12/C=C/[C@](C)(O)CCC(=O)[C@@]3(C)CC[C@H](O3)[C@@H](CC1)C(=O)O2. The van der Waals surface area contributed by atoms with Gasteiger partial charge in [-0.25, -0.2) is 0 Å². The fraction of sp³-hybridized carbons (Fsp3) is 0.800. The van der Waals surface area contributed by atoms with E-state index in [1.54, 1.807) is 13.0 Å². The van der Waals surface area contributed by atoms with Gasteiger partial charge in [-0.3, -0.25) is 9.59 Å². The molecule has 0 amide bonds. The molecule has 0 aliphatic carbocycles. The molecule has 2 saturated heterocycles. The lowest BCUT2D eigenvalue weighted by atomic mass is 9.77. The van der Waals surface area contributed by atoms with E-state index in [1.807, 2.05) is 26.8 Å². The first-order chi connectivity index (χ1) is 11.6. The molecule has 25 heavy (non-hydrogen) atoms. The van der Waals surface area contributed by atoms with E-state index >= 15 is 0 Å². The Kier molecular flexibility index (Phi) is 4.61. The molecule has 5 atom stereocenters. The summed E-state index contributed by atoms with van der Waals surface area (Å²) in [5.41, 5.74) is -2.67. The highest BCUT2D eigenvalue weighted by molar-refractivity contribution is 5.87. The van der Waals surface area contributed by atoms with E-state index in [-0.39, 0.29) is 36.1 Å². The first-order valence-electron chi connectivity index (χ1n) is 9.44. The number of carbonyl (C=O) groups excluding carboxylic acids is 2. The molecule has 4 rings (SSSR count). The van der Waals surface area contributed by atoms with Crippen molar-refractivity contribution in [1.29, 1.82) is 0 Å². The summed E-state index contributed by atoms with van der Waals surface area (Å²) in [6.45, 7) is 7.56. The lowest BCUT2D eigenvalue weighted by molar-refractivity contribution is -0.183. The highest BCUT2D eigenvalue weighted by Crippen LogP contribution is 2.43. The van der Waals surface area contributed by atoms with Crippen molar-refractivity contribution >= 4 is 11.8 Å². The number of hydrogen-bond donors (Lipinski definition) is 1. The number of rotatable bonds is 1. The van der Waals surface area contributed by atoms with Gasteiger partial charge in [0.15, 0.2) is 5.78 Å². The molecule has 5 nitrogen and oxygen atoms in total. The molecule has 0 aromatic carbocycles. The van der Waals surface area contributed by atoms with Crippen LogP contribution >= 0.6 is 0 Å². The van der Waals surface area contributed by atoms with Crippen molar-refractivity contribution in [2.45, 2.75) is 89.1 Å². The fourth-order valence-electron chi connectivity index (χ4n) is 4.26. The van der Waals surface area contributed by atoms with Crippen molar-refractivity contribution in [3.05, 3.63) is 12.2 Å². The molecule has 0 radical (unpaired) electrons. The van der Waals surface area contributed by atoms with E-state index in [1.165, 1.54) is 0 Å². The van der Waals surface area contributed by atoms with Crippen molar-refractivity contribution in [3.63, 3.8) is 0 Å². The molecule has 0 unspecified atom stereocenters. The average Bonchev–Trinajstić information content (AvgIpc) is 2.93. The van der Waals surface area contributed by atoms with Crippen LogP contribution in [0.3, 0.4) is 0 Å². The van der Waals surface area contributed by atoms with Crippen molar-refractivity contribution in [2.75, 3.05) is 0 Å². The van der Waals surface area contributed by atoms with Crippen LogP contribution in [0.1, 0.15) is 66.2 Å². The summed E-state index contributed by atoms with van der Waals surface area (Å²) in [5.74, 6) is -0.447. The van der Waals surface area contributed by atoms with Crippen molar-refractivity contribution in [3.8, 4) is 0 Å². The summed E-state index contributed by atoms with van der Waals surface area (Å²) < 4.78 is 12.0. The lowest BCUT2D eigenvalue weighted by Gasteiger charge is -2.42. The Labute approximate surface area is 149 Å². The number of fused-ring (bicyclic) bond motifs is 6. The molecule has 4 aliphatic heterocycles. The summed E-state index contributed by atoms with van der Waals surface area (Å²) in [5, 5.41) is 10.7. The van der Waals surface area contributed by atoms with Crippen LogP contribution in [-0.4, -0.2) is 39.8 Å². The molecule has 4 bridgehead atoms. The Hall–Kier alpha value is -1.20. The van der Waals surface area contributed by atoms with Gasteiger partial charge in [0.05, 0.1) is 17.6 Å². The van der Waals surface area contributed by atoms with Crippen LogP contribution in [0.5, 0.6) is 0 Å². The molecule has 1 N–H and O–H groups in total. The quantitative estimate of drug-likeness (QED) is 0.581. The van der Waals surface area contributed by atoms with Crippen molar-refractivity contribution in [1.82, 2.24) is 0 Å². The molecule has 2 fully saturated rings. The third-order valence-electron chi connectivity index (χ3n) is 6.36. The minimum Gasteiger partial charge on any atom is -0.454 e. The van der Waals surface area contributed by atoms with Crippen LogP contribution in [-0.2, 0) is 19.1 Å². The van der Waals surface area contributed by atoms with Gasteiger partial charge >= 0.3 is 5.97 Å². The molecule has 0 aromatic heterocycles. The molecule has 4 aliphatic rings. The van der Waals surface area contributed by atoms with Crippen molar-refractivity contribution in [2.24, 2.45) is 11.8 Å². The number of Topliss-reactive ketones (excluding diaryl/α,β-unsaturated/α-hetero) is 1. The van der Waals surface area contributed by atoms with Gasteiger partial charge in [0.1, 0.15) is 11.2 Å². The predicted octanol–water partition coefficient (Wildman–Crippen LogP) is 2.94. The summed E-state index contributed by atoms with van der Waals surface area (Å²) in [4.78, 5) is 25.4. The Morgan fingerprint density at radius 1 is 1.12 bits per heavy atom. The Morgan fingerprint density at radius 2 is 1.84 bits per heavy atom. The number of esters is 1. The first-order valence-corrected chi connectivity index (χ1v) is 9.44. The number of aliphatic hydroxyl groups is 1. The highest BCUT2D eigenvalue weighted by atomic mass is 16.6. The largest absolute Gasteiger partial charge is 0.454 e. The van der Waals surface area contributed by atoms with Crippen LogP contribution in [0, 0.1) is 11.8 Å². The zero-order valence-electron chi connectivity index (χ0n) is 15.7. The van der Waals surface area contributed by atoms with Gasteiger partial charge in [0, 0.05) is 6.42 Å². The Balaban J connectivity index is 1.98. The maximum Gasteiger partial charge on any atom is 0.312 e. The Bertz CT molecular complexity index is 593. The second kappa shape index (κ2) is 6.20. The summed E-state index contributed by atoms with van der Waals surface area (Å²) >= 11 is 0. The van der Waals surface area contributed by atoms with Crippen LogP contribution in [0.4, 0.5) is 0 Å². The Morgan fingerprint density at radius 3 is 2.48 bits per heavy atom.